The Labute approximate surface area is 207 Å². The molecule has 182 valence electrons. The van der Waals surface area contributed by atoms with Crippen molar-refractivity contribution in [3.05, 3.63) is 59.0 Å². The molecular formula is C26H27N3O5S. The van der Waals surface area contributed by atoms with Crippen LogP contribution < -0.4 is 10.2 Å². The van der Waals surface area contributed by atoms with Crippen molar-refractivity contribution in [3.63, 3.8) is 0 Å². The fourth-order valence-electron chi connectivity index (χ4n) is 3.88. The van der Waals surface area contributed by atoms with E-state index < -0.39 is 30.3 Å². The van der Waals surface area contributed by atoms with Crippen LogP contribution in [0.5, 0.6) is 0 Å². The summed E-state index contributed by atoms with van der Waals surface area (Å²) < 4.78 is 5.28. The summed E-state index contributed by atoms with van der Waals surface area (Å²) in [6, 6.07) is 18.3. The van der Waals surface area contributed by atoms with Gasteiger partial charge in [-0.3, -0.25) is 4.79 Å². The molecule has 9 heteroatoms. The number of fused-ring (bicyclic) bond motifs is 1. The standard InChI is InChI=1S/C26H27N3O5S/c1-29(2)19-6-5-15-9-17(4-3-16(15)10-19)23-8-7-20(35-23)11-18(12-27)26(33)28-13-22-25(32)24(31)21(30)14-34-22/h3-11,21-22,24-25,30-32H,13-14H2,1-2H3,(H,28,33). The van der Waals surface area contributed by atoms with Crippen molar-refractivity contribution in [2.45, 2.75) is 24.4 Å². The number of amides is 1. The number of ether oxygens (including phenoxy) is 1. The fourth-order valence-corrected chi connectivity index (χ4v) is 4.82. The van der Waals surface area contributed by atoms with Gasteiger partial charge in [-0.2, -0.15) is 5.26 Å². The van der Waals surface area contributed by atoms with Gasteiger partial charge in [-0.15, -0.1) is 11.3 Å². The number of thiophene rings is 1. The number of anilines is 1. The van der Waals surface area contributed by atoms with Crippen LogP contribution in [-0.4, -0.2) is 72.9 Å². The number of rotatable bonds is 6. The number of nitriles is 1. The Morgan fingerprint density at radius 3 is 2.63 bits per heavy atom. The maximum atomic E-state index is 12.5. The molecule has 35 heavy (non-hydrogen) atoms. The molecule has 1 aliphatic rings. The van der Waals surface area contributed by atoms with Crippen molar-refractivity contribution in [2.75, 3.05) is 32.1 Å². The third-order valence-electron chi connectivity index (χ3n) is 5.97. The lowest BCUT2D eigenvalue weighted by Gasteiger charge is -2.35. The van der Waals surface area contributed by atoms with E-state index in [1.54, 1.807) is 0 Å². The first-order valence-electron chi connectivity index (χ1n) is 11.1. The summed E-state index contributed by atoms with van der Waals surface area (Å²) in [6.45, 7) is -0.256. The molecule has 3 aromatic rings. The summed E-state index contributed by atoms with van der Waals surface area (Å²) in [5, 5.41) is 43.6. The largest absolute Gasteiger partial charge is 0.388 e. The van der Waals surface area contributed by atoms with Gasteiger partial charge in [0, 0.05) is 36.1 Å². The van der Waals surface area contributed by atoms with Gasteiger partial charge in [0.05, 0.1) is 6.61 Å². The highest BCUT2D eigenvalue weighted by atomic mass is 32.1. The molecule has 4 rings (SSSR count). The van der Waals surface area contributed by atoms with Gasteiger partial charge < -0.3 is 30.3 Å². The summed E-state index contributed by atoms with van der Waals surface area (Å²) in [6.07, 6.45) is -3.24. The topological polar surface area (TPSA) is 126 Å². The molecule has 4 N–H and O–H groups in total. The van der Waals surface area contributed by atoms with Crippen LogP contribution in [0.1, 0.15) is 4.88 Å². The van der Waals surface area contributed by atoms with Crippen LogP contribution in [0.15, 0.2) is 54.1 Å². The molecule has 0 saturated carbocycles. The van der Waals surface area contributed by atoms with E-state index in [4.69, 9.17) is 4.74 Å². The molecule has 1 amide bonds. The second-order valence-electron chi connectivity index (χ2n) is 8.64. The van der Waals surface area contributed by atoms with Crippen LogP contribution in [0.3, 0.4) is 0 Å². The van der Waals surface area contributed by atoms with Gasteiger partial charge in [-0.05, 0) is 52.7 Å². The van der Waals surface area contributed by atoms with E-state index in [1.807, 2.05) is 32.3 Å². The first-order valence-corrected chi connectivity index (χ1v) is 12.0. The van der Waals surface area contributed by atoms with Crippen LogP contribution in [0, 0.1) is 11.3 Å². The highest BCUT2D eigenvalue weighted by Crippen LogP contribution is 2.32. The van der Waals surface area contributed by atoms with Crippen molar-refractivity contribution in [3.8, 4) is 16.5 Å². The molecule has 0 radical (unpaired) electrons. The van der Waals surface area contributed by atoms with Crippen molar-refractivity contribution in [2.24, 2.45) is 0 Å². The second kappa shape index (κ2) is 10.6. The van der Waals surface area contributed by atoms with Gasteiger partial charge >= 0.3 is 0 Å². The van der Waals surface area contributed by atoms with E-state index in [0.29, 0.717) is 0 Å². The predicted octanol–water partition coefficient (Wildman–Crippen LogP) is 2.14. The minimum absolute atomic E-state index is 0.0843. The Kier molecular flexibility index (Phi) is 7.50. The highest BCUT2D eigenvalue weighted by molar-refractivity contribution is 7.16. The smallest absolute Gasteiger partial charge is 0.262 e. The summed E-state index contributed by atoms with van der Waals surface area (Å²) in [7, 11) is 4.02. The summed E-state index contributed by atoms with van der Waals surface area (Å²) in [4.78, 5) is 16.3. The zero-order valence-electron chi connectivity index (χ0n) is 19.4. The molecule has 0 bridgehead atoms. The van der Waals surface area contributed by atoms with Crippen molar-refractivity contribution < 1.29 is 24.9 Å². The first kappa shape index (κ1) is 24.9. The maximum Gasteiger partial charge on any atom is 0.262 e. The van der Waals surface area contributed by atoms with Crippen LogP contribution in [0.25, 0.3) is 27.3 Å². The Balaban J connectivity index is 1.45. The molecule has 4 atom stereocenters. The van der Waals surface area contributed by atoms with Gasteiger partial charge in [0.15, 0.2) is 0 Å². The van der Waals surface area contributed by atoms with Gasteiger partial charge in [0.2, 0.25) is 0 Å². The Morgan fingerprint density at radius 2 is 1.89 bits per heavy atom. The number of nitrogens with one attached hydrogen (secondary N) is 1. The Bertz CT molecular complexity index is 1300. The number of aliphatic hydroxyl groups excluding tert-OH is 3. The molecule has 4 unspecified atom stereocenters. The maximum absolute atomic E-state index is 12.5. The van der Waals surface area contributed by atoms with E-state index in [-0.39, 0.29) is 18.7 Å². The molecule has 0 aliphatic carbocycles. The quantitative estimate of drug-likeness (QED) is 0.306. The molecule has 1 saturated heterocycles. The number of hydrogen-bond acceptors (Lipinski definition) is 8. The summed E-state index contributed by atoms with van der Waals surface area (Å²) in [5.74, 6) is -0.610. The molecular weight excluding hydrogens is 466 g/mol. The van der Waals surface area contributed by atoms with Crippen molar-refractivity contribution >= 4 is 39.8 Å². The monoisotopic (exact) mass is 493 g/mol. The van der Waals surface area contributed by atoms with Gasteiger partial charge in [-0.25, -0.2) is 0 Å². The zero-order valence-corrected chi connectivity index (χ0v) is 20.2. The van der Waals surface area contributed by atoms with Gasteiger partial charge in [0.25, 0.3) is 5.91 Å². The van der Waals surface area contributed by atoms with Crippen molar-refractivity contribution in [1.29, 1.82) is 5.26 Å². The van der Waals surface area contributed by atoms with E-state index >= 15 is 0 Å². The van der Waals surface area contributed by atoms with Crippen LogP contribution in [0.4, 0.5) is 5.69 Å². The number of carbonyl (C=O) groups excluding carboxylic acids is 1. The highest BCUT2D eigenvalue weighted by Gasteiger charge is 2.37. The minimum atomic E-state index is -1.36. The van der Waals surface area contributed by atoms with Gasteiger partial charge in [0.1, 0.15) is 36.1 Å². The summed E-state index contributed by atoms with van der Waals surface area (Å²) >= 11 is 1.47. The van der Waals surface area contributed by atoms with E-state index in [0.717, 1.165) is 31.8 Å². The third kappa shape index (κ3) is 5.53. The lowest BCUT2D eigenvalue weighted by atomic mass is 10.00. The van der Waals surface area contributed by atoms with E-state index in [2.05, 4.69) is 46.6 Å². The average Bonchev–Trinajstić information content (AvgIpc) is 3.33. The molecule has 8 nitrogen and oxygen atoms in total. The molecule has 2 aromatic carbocycles. The third-order valence-corrected chi connectivity index (χ3v) is 7.05. The van der Waals surface area contributed by atoms with Crippen LogP contribution >= 0.6 is 11.3 Å². The Hall–Kier alpha value is -3.26. The van der Waals surface area contributed by atoms with Crippen LogP contribution in [0.2, 0.25) is 0 Å². The second-order valence-corrected chi connectivity index (χ2v) is 9.76. The fraction of sp³-hybridized carbons (Fsp3) is 0.308. The van der Waals surface area contributed by atoms with Crippen molar-refractivity contribution in [1.82, 2.24) is 5.32 Å². The first-order chi connectivity index (χ1) is 16.8. The molecule has 1 fully saturated rings. The Morgan fingerprint density at radius 1 is 1.14 bits per heavy atom. The lowest BCUT2D eigenvalue weighted by Crippen LogP contribution is -2.56. The molecule has 1 aliphatic heterocycles. The molecule has 2 heterocycles. The number of nitrogens with zero attached hydrogens (tertiary/aromatic N) is 2. The predicted molar refractivity (Wildman–Crippen MR) is 136 cm³/mol. The molecule has 1 aromatic heterocycles. The lowest BCUT2D eigenvalue weighted by molar-refractivity contribution is -0.185. The number of hydrogen-bond donors (Lipinski definition) is 4. The number of benzene rings is 2. The van der Waals surface area contributed by atoms with E-state index in [9.17, 15) is 25.4 Å². The number of aliphatic hydroxyl groups is 3. The average molecular weight is 494 g/mol. The normalized spacial score (nSPS) is 22.6. The van der Waals surface area contributed by atoms with Crippen LogP contribution in [-0.2, 0) is 9.53 Å². The minimum Gasteiger partial charge on any atom is -0.388 e. The van der Waals surface area contributed by atoms with Gasteiger partial charge in [-0.1, -0.05) is 18.2 Å². The molecule has 0 spiro atoms. The number of carbonyl (C=O) groups is 1. The summed E-state index contributed by atoms with van der Waals surface area (Å²) in [5.41, 5.74) is 2.10. The zero-order chi connectivity index (χ0) is 25.1. The van der Waals surface area contributed by atoms with E-state index in [1.165, 1.54) is 17.4 Å². The SMILES string of the molecule is CN(C)c1ccc2cc(-c3ccc(C=C(C#N)C(=O)NCC4OCC(O)C(O)C4O)s3)ccc2c1.